The lowest BCUT2D eigenvalue weighted by atomic mass is 9.84. The number of benzene rings is 1. The lowest BCUT2D eigenvalue weighted by molar-refractivity contribution is -0.132. The topological polar surface area (TPSA) is 122 Å². The lowest BCUT2D eigenvalue weighted by Gasteiger charge is -2.28. The number of carbonyl (C=O) groups excluding carboxylic acids is 3. The van der Waals surface area contributed by atoms with Crippen molar-refractivity contribution in [2.75, 3.05) is 18.4 Å². The summed E-state index contributed by atoms with van der Waals surface area (Å²) < 4.78 is 1.75. The highest BCUT2D eigenvalue weighted by Gasteiger charge is 2.32. The van der Waals surface area contributed by atoms with Crippen molar-refractivity contribution in [1.82, 2.24) is 19.8 Å². The van der Waals surface area contributed by atoms with Crippen molar-refractivity contribution in [3.05, 3.63) is 48.4 Å². The second kappa shape index (κ2) is 11.9. The van der Waals surface area contributed by atoms with Crippen LogP contribution in [0, 0.1) is 5.92 Å². The summed E-state index contributed by atoms with van der Waals surface area (Å²) in [5.74, 6) is 0.0512. The molecule has 9 nitrogen and oxygen atoms in total. The fourth-order valence-electron chi connectivity index (χ4n) is 5.28. The summed E-state index contributed by atoms with van der Waals surface area (Å²) in [5.41, 5.74) is 5.76. The summed E-state index contributed by atoms with van der Waals surface area (Å²) in [6.45, 7) is 4.75. The number of hydrogen-bond donors (Lipinski definition) is 3. The molecule has 37 heavy (non-hydrogen) atoms. The van der Waals surface area contributed by atoms with E-state index >= 15 is 0 Å². The number of nitrogens with two attached hydrogens (primary N) is 1. The molecule has 1 saturated carbocycles. The van der Waals surface area contributed by atoms with Crippen LogP contribution in [0.2, 0.25) is 0 Å². The van der Waals surface area contributed by atoms with Gasteiger partial charge in [-0.05, 0) is 44.6 Å². The number of aromatic nitrogens is 2. The molecule has 0 spiro atoms. The Labute approximate surface area is 219 Å². The third kappa shape index (κ3) is 6.97. The molecule has 2 aliphatic rings. The minimum atomic E-state index is -1.09. The number of hydrogen-bond acceptors (Lipinski definition) is 5. The molecule has 0 bridgehead atoms. The minimum Gasteiger partial charge on any atom is -0.343 e. The summed E-state index contributed by atoms with van der Waals surface area (Å²) in [6, 6.07) is 8.34. The molecule has 3 amide bonds. The van der Waals surface area contributed by atoms with Gasteiger partial charge in [-0.25, -0.2) is 4.98 Å². The van der Waals surface area contributed by atoms with E-state index in [0.29, 0.717) is 18.2 Å². The van der Waals surface area contributed by atoms with Gasteiger partial charge in [-0.3, -0.25) is 14.4 Å². The van der Waals surface area contributed by atoms with Crippen molar-refractivity contribution in [2.24, 2.45) is 11.7 Å². The molecule has 200 valence electrons. The van der Waals surface area contributed by atoms with E-state index in [1.165, 1.54) is 6.42 Å². The minimum absolute atomic E-state index is 0.0200. The maximum absolute atomic E-state index is 13.5. The van der Waals surface area contributed by atoms with Gasteiger partial charge in [0, 0.05) is 19.3 Å². The summed E-state index contributed by atoms with van der Waals surface area (Å²) >= 11 is 0. The first kappa shape index (κ1) is 26.9. The number of anilines is 1. The number of rotatable bonds is 9. The molecule has 1 aromatic heterocycles. The molecule has 1 aromatic carbocycles. The van der Waals surface area contributed by atoms with E-state index in [-0.39, 0.29) is 17.7 Å². The van der Waals surface area contributed by atoms with Gasteiger partial charge in [0.05, 0.1) is 11.9 Å². The first-order valence-electron chi connectivity index (χ1n) is 13.5. The Kier molecular flexibility index (Phi) is 8.63. The smallest absolute Gasteiger partial charge is 0.250 e. The quantitative estimate of drug-likeness (QED) is 0.480. The maximum Gasteiger partial charge on any atom is 0.250 e. The van der Waals surface area contributed by atoms with Gasteiger partial charge >= 0.3 is 0 Å². The molecule has 4 rings (SSSR count). The summed E-state index contributed by atoms with van der Waals surface area (Å²) in [6.07, 6.45) is 11.5. The van der Waals surface area contributed by atoms with Gasteiger partial charge in [0.25, 0.3) is 0 Å². The first-order chi connectivity index (χ1) is 17.7. The van der Waals surface area contributed by atoms with Gasteiger partial charge in [-0.2, -0.15) is 0 Å². The highest BCUT2D eigenvalue weighted by atomic mass is 16.2. The van der Waals surface area contributed by atoms with Crippen LogP contribution in [-0.2, 0) is 14.4 Å². The molecule has 2 fully saturated rings. The Hall–Kier alpha value is -3.20. The predicted octanol–water partition coefficient (Wildman–Crippen LogP) is 3.23. The van der Waals surface area contributed by atoms with Crippen molar-refractivity contribution in [3.8, 4) is 0 Å². The van der Waals surface area contributed by atoms with Gasteiger partial charge in [0.1, 0.15) is 12.1 Å². The largest absolute Gasteiger partial charge is 0.343 e. The molecule has 9 heteroatoms. The van der Waals surface area contributed by atoms with Gasteiger partial charge in [-0.1, -0.05) is 62.4 Å². The van der Waals surface area contributed by atoms with Crippen LogP contribution >= 0.6 is 0 Å². The number of amides is 3. The molecular formula is C28H40N6O3. The van der Waals surface area contributed by atoms with E-state index in [0.717, 1.165) is 57.2 Å². The normalized spacial score (nSPS) is 18.3. The fourth-order valence-corrected chi connectivity index (χ4v) is 5.28. The molecule has 1 aliphatic heterocycles. The third-order valence-corrected chi connectivity index (χ3v) is 7.42. The van der Waals surface area contributed by atoms with Crippen LogP contribution in [0.15, 0.2) is 42.9 Å². The SMILES string of the molecule is CC(C)(N)C(=O)NC(CC1CCCCC1)C(=O)Nc1cn(C(C(=O)N2CCCC2)c2ccccc2)cn1. The molecule has 1 saturated heterocycles. The van der Waals surface area contributed by atoms with E-state index in [1.807, 2.05) is 35.2 Å². The standard InChI is InChI=1S/C28H40N6O3/c1-28(2,29)27(37)31-22(17-20-11-5-3-6-12-20)25(35)32-23-18-34(19-30-23)24(21-13-7-4-8-14-21)26(36)33-15-9-10-16-33/h4,7-8,13-14,18-20,22,24H,3,5-6,9-12,15-17,29H2,1-2H3,(H,31,37)(H,32,35). The Morgan fingerprint density at radius 3 is 2.38 bits per heavy atom. The van der Waals surface area contributed by atoms with Crippen LogP contribution in [0.1, 0.15) is 76.8 Å². The van der Waals surface area contributed by atoms with Crippen LogP contribution in [-0.4, -0.2) is 56.8 Å². The second-order valence-corrected chi connectivity index (χ2v) is 11.0. The van der Waals surface area contributed by atoms with E-state index in [2.05, 4.69) is 15.6 Å². The summed E-state index contributed by atoms with van der Waals surface area (Å²) in [4.78, 5) is 45.7. The maximum atomic E-state index is 13.5. The number of imidazole rings is 1. The Bertz CT molecular complexity index is 1070. The Balaban J connectivity index is 1.51. The van der Waals surface area contributed by atoms with Crippen molar-refractivity contribution >= 4 is 23.5 Å². The van der Waals surface area contributed by atoms with Crippen LogP contribution < -0.4 is 16.4 Å². The number of likely N-dealkylation sites (tertiary alicyclic amines) is 1. The molecule has 2 aromatic rings. The third-order valence-electron chi connectivity index (χ3n) is 7.42. The van der Waals surface area contributed by atoms with E-state index in [9.17, 15) is 14.4 Å². The Morgan fingerprint density at radius 2 is 1.73 bits per heavy atom. The zero-order valence-corrected chi connectivity index (χ0v) is 22.0. The monoisotopic (exact) mass is 508 g/mol. The molecule has 0 radical (unpaired) electrons. The molecule has 1 aliphatic carbocycles. The average molecular weight is 509 g/mol. The fraction of sp³-hybridized carbons (Fsp3) is 0.571. The second-order valence-electron chi connectivity index (χ2n) is 11.0. The summed E-state index contributed by atoms with van der Waals surface area (Å²) in [5, 5.41) is 5.74. The van der Waals surface area contributed by atoms with E-state index in [1.54, 1.807) is 30.9 Å². The van der Waals surface area contributed by atoms with Gasteiger partial charge in [0.2, 0.25) is 17.7 Å². The van der Waals surface area contributed by atoms with Crippen LogP contribution in [0.25, 0.3) is 0 Å². The van der Waals surface area contributed by atoms with Crippen molar-refractivity contribution < 1.29 is 14.4 Å². The molecular weight excluding hydrogens is 468 g/mol. The van der Waals surface area contributed by atoms with Crippen LogP contribution in [0.5, 0.6) is 0 Å². The van der Waals surface area contributed by atoms with Gasteiger partial charge < -0.3 is 25.8 Å². The first-order valence-corrected chi connectivity index (χ1v) is 13.5. The lowest BCUT2D eigenvalue weighted by Crippen LogP contribution is -2.55. The molecule has 2 heterocycles. The molecule has 2 atom stereocenters. The Morgan fingerprint density at radius 1 is 1.05 bits per heavy atom. The molecule has 2 unspecified atom stereocenters. The zero-order chi connectivity index (χ0) is 26.4. The average Bonchev–Trinajstić information content (AvgIpc) is 3.57. The number of nitrogens with zero attached hydrogens (tertiary/aromatic N) is 3. The van der Waals surface area contributed by atoms with Gasteiger partial charge in [0.15, 0.2) is 5.82 Å². The summed E-state index contributed by atoms with van der Waals surface area (Å²) in [7, 11) is 0. The van der Waals surface area contributed by atoms with E-state index < -0.39 is 17.6 Å². The number of carbonyl (C=O) groups is 3. The highest BCUT2D eigenvalue weighted by molar-refractivity contribution is 5.98. The predicted molar refractivity (Wildman–Crippen MR) is 143 cm³/mol. The van der Waals surface area contributed by atoms with Crippen LogP contribution in [0.3, 0.4) is 0 Å². The van der Waals surface area contributed by atoms with Crippen LogP contribution in [0.4, 0.5) is 5.82 Å². The van der Waals surface area contributed by atoms with Crippen molar-refractivity contribution in [3.63, 3.8) is 0 Å². The number of nitrogens with one attached hydrogen (secondary N) is 2. The van der Waals surface area contributed by atoms with Crippen molar-refractivity contribution in [1.29, 1.82) is 0 Å². The zero-order valence-electron chi connectivity index (χ0n) is 22.0. The molecule has 4 N–H and O–H groups in total. The highest BCUT2D eigenvalue weighted by Crippen LogP contribution is 2.28. The van der Waals surface area contributed by atoms with E-state index in [4.69, 9.17) is 5.73 Å². The van der Waals surface area contributed by atoms with Gasteiger partial charge in [-0.15, -0.1) is 0 Å². The van der Waals surface area contributed by atoms with Crippen molar-refractivity contribution in [2.45, 2.75) is 82.8 Å².